The summed E-state index contributed by atoms with van der Waals surface area (Å²) < 4.78 is 27.6. The molecule has 0 spiro atoms. The first kappa shape index (κ1) is 13.9. The average Bonchev–Trinajstić information content (AvgIpc) is 2.94. The van der Waals surface area contributed by atoms with Crippen LogP contribution < -0.4 is 0 Å². The molecule has 0 saturated heterocycles. The molecule has 4 nitrogen and oxygen atoms in total. The van der Waals surface area contributed by atoms with Crippen molar-refractivity contribution in [2.75, 3.05) is 0 Å². The lowest BCUT2D eigenvalue weighted by atomic mass is 10.2. The van der Waals surface area contributed by atoms with E-state index in [2.05, 4.69) is 4.98 Å². The van der Waals surface area contributed by atoms with Gasteiger partial charge in [-0.15, -0.1) is 0 Å². The molecule has 0 aliphatic carbocycles. The monoisotopic (exact) mass is 300 g/mol. The van der Waals surface area contributed by atoms with Crippen LogP contribution in [0.3, 0.4) is 0 Å². The van der Waals surface area contributed by atoms with E-state index in [0.29, 0.717) is 17.1 Å². The minimum atomic E-state index is -1.18. The highest BCUT2D eigenvalue weighted by atomic mass is 19.1. The predicted molar refractivity (Wildman–Crippen MR) is 75.9 cm³/mol. The quantitative estimate of drug-likeness (QED) is 0.805. The number of hydrogen-bond donors (Lipinski definition) is 1. The molecule has 0 aliphatic heterocycles. The Balaban J connectivity index is 2.17. The molecular formula is C16H10F2N2O2. The first-order chi connectivity index (χ1) is 10.5. The van der Waals surface area contributed by atoms with E-state index >= 15 is 0 Å². The van der Waals surface area contributed by atoms with Crippen molar-refractivity contribution >= 4 is 5.97 Å². The van der Waals surface area contributed by atoms with Crippen molar-refractivity contribution in [3.63, 3.8) is 0 Å². The second-order valence-corrected chi connectivity index (χ2v) is 4.61. The van der Waals surface area contributed by atoms with Crippen LogP contribution in [0.1, 0.15) is 10.5 Å². The van der Waals surface area contributed by atoms with Gasteiger partial charge in [-0.1, -0.05) is 0 Å². The third kappa shape index (κ3) is 2.58. The van der Waals surface area contributed by atoms with Crippen molar-refractivity contribution in [3.05, 3.63) is 72.1 Å². The van der Waals surface area contributed by atoms with E-state index in [0.717, 1.165) is 0 Å². The van der Waals surface area contributed by atoms with Crippen LogP contribution in [0.4, 0.5) is 8.78 Å². The van der Waals surface area contributed by atoms with Gasteiger partial charge in [-0.05, 0) is 48.5 Å². The maximum Gasteiger partial charge on any atom is 0.356 e. The molecule has 3 rings (SSSR count). The third-order valence-corrected chi connectivity index (χ3v) is 3.13. The van der Waals surface area contributed by atoms with Crippen molar-refractivity contribution in [3.8, 4) is 17.1 Å². The van der Waals surface area contributed by atoms with Crippen LogP contribution in [0.15, 0.2) is 54.7 Å². The van der Waals surface area contributed by atoms with E-state index in [9.17, 15) is 13.6 Å². The molecule has 6 heteroatoms. The van der Waals surface area contributed by atoms with Crippen molar-refractivity contribution in [1.29, 1.82) is 0 Å². The summed E-state index contributed by atoms with van der Waals surface area (Å²) in [7, 11) is 0. The normalized spacial score (nSPS) is 10.6. The maximum absolute atomic E-state index is 13.0. The van der Waals surface area contributed by atoms with Gasteiger partial charge >= 0.3 is 5.97 Å². The Bertz CT molecular complexity index is 761. The molecule has 0 amide bonds. The summed E-state index contributed by atoms with van der Waals surface area (Å²) in [5, 5.41) is 9.11. The number of carbonyl (C=O) groups is 1. The zero-order valence-corrected chi connectivity index (χ0v) is 11.2. The summed E-state index contributed by atoms with van der Waals surface area (Å²) in [6.07, 6.45) is 1.34. The number of aromatic carboxylic acids is 1. The Morgan fingerprint density at radius 3 is 2.05 bits per heavy atom. The number of rotatable bonds is 3. The summed E-state index contributed by atoms with van der Waals surface area (Å²) in [5.41, 5.74) is 0.961. The van der Waals surface area contributed by atoms with Gasteiger partial charge in [0, 0.05) is 17.4 Å². The fourth-order valence-corrected chi connectivity index (χ4v) is 2.08. The predicted octanol–water partition coefficient (Wildman–Crippen LogP) is 3.52. The number of hydrogen-bond acceptors (Lipinski definition) is 2. The molecule has 1 heterocycles. The largest absolute Gasteiger partial charge is 0.476 e. The van der Waals surface area contributed by atoms with Crippen LogP contribution >= 0.6 is 0 Å². The second kappa shape index (κ2) is 5.40. The second-order valence-electron chi connectivity index (χ2n) is 4.61. The van der Waals surface area contributed by atoms with Crippen LogP contribution in [0, 0.1) is 11.6 Å². The lowest BCUT2D eigenvalue weighted by Crippen LogP contribution is -1.96. The standard InChI is InChI=1S/C16H10F2N2O2/c17-11-3-1-10(2-4-11)15-19-14(16(21)22)9-20(15)13-7-5-12(18)6-8-13/h1-9H,(H,21,22). The number of imidazole rings is 1. The van der Waals surface area contributed by atoms with Crippen LogP contribution in [0.2, 0.25) is 0 Å². The summed E-state index contributed by atoms with van der Waals surface area (Å²) in [6, 6.07) is 11.1. The lowest BCUT2D eigenvalue weighted by Gasteiger charge is -2.07. The van der Waals surface area contributed by atoms with Gasteiger partial charge in [-0.3, -0.25) is 4.57 Å². The number of carboxylic acids is 1. The summed E-state index contributed by atoms with van der Waals surface area (Å²) in [5.74, 6) is -1.64. The number of benzene rings is 2. The molecule has 2 aromatic carbocycles. The molecule has 0 aliphatic rings. The zero-order chi connectivity index (χ0) is 15.7. The molecule has 0 radical (unpaired) electrons. The smallest absolute Gasteiger partial charge is 0.356 e. The maximum atomic E-state index is 13.0. The molecule has 0 unspecified atom stereocenters. The van der Waals surface area contributed by atoms with E-state index in [1.165, 1.54) is 59.3 Å². The van der Waals surface area contributed by atoms with Gasteiger partial charge in [0.1, 0.15) is 17.5 Å². The Morgan fingerprint density at radius 2 is 1.50 bits per heavy atom. The molecule has 0 fully saturated rings. The van der Waals surface area contributed by atoms with Crippen LogP contribution in [-0.4, -0.2) is 20.6 Å². The highest BCUT2D eigenvalue weighted by Gasteiger charge is 2.16. The van der Waals surface area contributed by atoms with Gasteiger partial charge < -0.3 is 5.11 Å². The van der Waals surface area contributed by atoms with Gasteiger partial charge in [0.05, 0.1) is 0 Å². The summed E-state index contributed by atoms with van der Waals surface area (Å²) >= 11 is 0. The van der Waals surface area contributed by atoms with Gasteiger partial charge in [-0.25, -0.2) is 18.6 Å². The Morgan fingerprint density at radius 1 is 0.955 bits per heavy atom. The van der Waals surface area contributed by atoms with E-state index in [1.54, 1.807) is 0 Å². The highest BCUT2D eigenvalue weighted by Crippen LogP contribution is 2.23. The van der Waals surface area contributed by atoms with Gasteiger partial charge in [0.15, 0.2) is 5.69 Å². The SMILES string of the molecule is O=C(O)c1cn(-c2ccc(F)cc2)c(-c2ccc(F)cc2)n1. The van der Waals surface area contributed by atoms with Crippen LogP contribution in [-0.2, 0) is 0 Å². The van der Waals surface area contributed by atoms with Crippen molar-refractivity contribution < 1.29 is 18.7 Å². The molecule has 22 heavy (non-hydrogen) atoms. The molecule has 110 valence electrons. The zero-order valence-electron chi connectivity index (χ0n) is 11.2. The molecule has 0 saturated carbocycles. The lowest BCUT2D eigenvalue weighted by molar-refractivity contribution is 0.0691. The fraction of sp³-hybridized carbons (Fsp3) is 0. The molecule has 3 aromatic rings. The molecular weight excluding hydrogens is 290 g/mol. The van der Waals surface area contributed by atoms with Gasteiger partial charge in [-0.2, -0.15) is 0 Å². The molecule has 0 bridgehead atoms. The fourth-order valence-electron chi connectivity index (χ4n) is 2.08. The molecule has 1 N–H and O–H groups in total. The Labute approximate surface area is 124 Å². The van der Waals surface area contributed by atoms with Gasteiger partial charge in [0.25, 0.3) is 0 Å². The number of halogens is 2. The minimum Gasteiger partial charge on any atom is -0.476 e. The third-order valence-electron chi connectivity index (χ3n) is 3.13. The van der Waals surface area contributed by atoms with E-state index < -0.39 is 17.6 Å². The van der Waals surface area contributed by atoms with E-state index in [-0.39, 0.29) is 5.69 Å². The summed E-state index contributed by atoms with van der Waals surface area (Å²) in [4.78, 5) is 15.2. The number of aromatic nitrogens is 2. The molecule has 1 aromatic heterocycles. The first-order valence-corrected chi connectivity index (χ1v) is 6.39. The van der Waals surface area contributed by atoms with E-state index in [4.69, 9.17) is 5.11 Å². The minimum absolute atomic E-state index is 0.149. The topological polar surface area (TPSA) is 55.1 Å². The van der Waals surface area contributed by atoms with Crippen molar-refractivity contribution in [2.45, 2.75) is 0 Å². The average molecular weight is 300 g/mol. The van der Waals surface area contributed by atoms with Crippen LogP contribution in [0.25, 0.3) is 17.1 Å². The number of carboxylic acid groups (broad SMARTS) is 1. The Hall–Kier alpha value is -3.02. The van der Waals surface area contributed by atoms with Gasteiger partial charge in [0.2, 0.25) is 0 Å². The molecule has 0 atom stereocenters. The highest BCUT2D eigenvalue weighted by molar-refractivity contribution is 5.86. The number of nitrogens with zero attached hydrogens (tertiary/aromatic N) is 2. The van der Waals surface area contributed by atoms with Crippen molar-refractivity contribution in [2.24, 2.45) is 0 Å². The van der Waals surface area contributed by atoms with Crippen molar-refractivity contribution in [1.82, 2.24) is 9.55 Å². The summed E-state index contributed by atoms with van der Waals surface area (Å²) in [6.45, 7) is 0. The first-order valence-electron chi connectivity index (χ1n) is 6.39. The van der Waals surface area contributed by atoms with Crippen LogP contribution in [0.5, 0.6) is 0 Å². The Kier molecular flexibility index (Phi) is 3.42. The van der Waals surface area contributed by atoms with E-state index in [1.807, 2.05) is 0 Å².